The van der Waals surface area contributed by atoms with E-state index in [9.17, 15) is 10.5 Å². The maximum absolute atomic E-state index is 10.2. The van der Waals surface area contributed by atoms with Crippen LogP contribution in [0.1, 0.15) is 37.5 Å². The van der Waals surface area contributed by atoms with Crippen LogP contribution in [0.2, 0.25) is 0 Å². The third-order valence-electron chi connectivity index (χ3n) is 6.86. The molecular weight excluding hydrogens is 691 g/mol. The minimum atomic E-state index is -0.0855. The van der Waals surface area contributed by atoms with Crippen LogP contribution in [0.15, 0.2) is 73.2 Å². The Morgan fingerprint density at radius 3 is 2.49 bits per heavy atom. The van der Waals surface area contributed by atoms with Crippen LogP contribution in [0.25, 0.3) is 27.6 Å². The molecule has 0 spiro atoms. The molecule has 3 heterocycles. The van der Waals surface area contributed by atoms with Crippen LogP contribution >= 0.6 is 0 Å². The third-order valence-corrected chi connectivity index (χ3v) is 6.86. The molecule has 0 aliphatic carbocycles. The summed E-state index contributed by atoms with van der Waals surface area (Å²) < 4.78 is 8.22. The average molecular weight is 717 g/mol. The van der Waals surface area contributed by atoms with Crippen molar-refractivity contribution in [2.24, 2.45) is 0 Å². The summed E-state index contributed by atoms with van der Waals surface area (Å²) in [6.07, 6.45) is 5.68. The number of hydrogen-bond acceptors (Lipinski definition) is 6. The van der Waals surface area contributed by atoms with E-state index in [0.717, 1.165) is 22.2 Å². The van der Waals surface area contributed by atoms with Crippen molar-refractivity contribution in [3.05, 3.63) is 109 Å². The Hall–Kier alpha value is -4.58. The van der Waals surface area contributed by atoms with Gasteiger partial charge < -0.3 is 19.1 Å². The molecule has 6 rings (SSSR count). The van der Waals surface area contributed by atoms with Crippen LogP contribution < -0.4 is 9.64 Å². The average Bonchev–Trinajstić information content (AvgIpc) is 3.53. The Kier molecular flexibility index (Phi) is 7.35. The first-order valence-corrected chi connectivity index (χ1v) is 12.8. The zero-order chi connectivity index (χ0) is 28.0. The van der Waals surface area contributed by atoms with Crippen molar-refractivity contribution in [3.8, 4) is 29.5 Å². The molecule has 0 N–H and O–H groups in total. The zero-order valence-electron chi connectivity index (χ0n) is 22.9. The van der Waals surface area contributed by atoms with Crippen molar-refractivity contribution < 1.29 is 25.8 Å². The first-order valence-electron chi connectivity index (χ1n) is 12.8. The van der Waals surface area contributed by atoms with Crippen molar-refractivity contribution in [2.45, 2.75) is 26.2 Å². The smallest absolute Gasteiger partial charge is 0.135 e. The quantitative estimate of drug-likeness (QED) is 0.188. The molecule has 0 saturated carbocycles. The molecule has 0 unspecified atom stereocenters. The van der Waals surface area contributed by atoms with Crippen molar-refractivity contribution >= 4 is 27.5 Å². The monoisotopic (exact) mass is 716 g/mol. The first kappa shape index (κ1) is 28.0. The fourth-order valence-electron chi connectivity index (χ4n) is 4.85. The van der Waals surface area contributed by atoms with Gasteiger partial charge in [0.25, 0.3) is 0 Å². The van der Waals surface area contributed by atoms with E-state index in [-0.39, 0.29) is 26.5 Å². The largest absolute Gasteiger partial charge is 0.510 e. The second-order valence-electron chi connectivity index (χ2n) is 10.7. The second kappa shape index (κ2) is 10.8. The molecule has 0 amide bonds. The summed E-state index contributed by atoms with van der Waals surface area (Å²) in [7, 11) is 1.95. The van der Waals surface area contributed by atoms with Crippen LogP contribution in [-0.4, -0.2) is 21.5 Å². The van der Waals surface area contributed by atoms with Gasteiger partial charge in [0, 0.05) is 44.3 Å². The standard InChI is InChI=1S/C33H25N6O.Pt/c1-33(2,3)24-10-11-36-31(16-24)39-29-9-8-22(19-34)14-28(29)32-23(20-35)15-27(18-30(32)39)40-26-7-5-6-25(17-26)38-13-12-37(4)21-38;/h5-16,21H,1-4H3;/q-3;. The van der Waals surface area contributed by atoms with E-state index >= 15 is 0 Å². The van der Waals surface area contributed by atoms with Crippen LogP contribution in [0, 0.1) is 41.5 Å². The fourth-order valence-corrected chi connectivity index (χ4v) is 4.85. The summed E-state index contributed by atoms with van der Waals surface area (Å²) in [5, 5.41) is 21.3. The molecule has 41 heavy (non-hydrogen) atoms. The van der Waals surface area contributed by atoms with Gasteiger partial charge in [-0.3, -0.25) is 0 Å². The number of anilines is 1. The number of pyridine rings is 1. The Labute approximate surface area is 253 Å². The Balaban J connectivity index is 0.00000337. The number of nitriles is 2. The summed E-state index contributed by atoms with van der Waals surface area (Å²) in [5.41, 5.74) is 4.26. The van der Waals surface area contributed by atoms with E-state index in [0.29, 0.717) is 39.3 Å². The molecule has 0 radical (unpaired) electrons. The topological polar surface area (TPSA) is 81.1 Å². The predicted molar refractivity (Wildman–Crippen MR) is 155 cm³/mol. The molecule has 8 heteroatoms. The van der Waals surface area contributed by atoms with Gasteiger partial charge in [0.1, 0.15) is 5.82 Å². The van der Waals surface area contributed by atoms with E-state index in [1.54, 1.807) is 18.3 Å². The number of ether oxygens (including phenoxy) is 1. The van der Waals surface area contributed by atoms with Gasteiger partial charge in [-0.15, -0.1) is 36.0 Å². The maximum atomic E-state index is 10.2. The first-order chi connectivity index (χ1) is 19.2. The molecule has 0 fully saturated rings. The predicted octanol–water partition coefficient (Wildman–Crippen LogP) is 6.95. The number of benzene rings is 3. The van der Waals surface area contributed by atoms with Crippen LogP contribution in [-0.2, 0) is 26.5 Å². The molecule has 0 bridgehead atoms. The number of aromatic nitrogens is 2. The molecule has 1 aliphatic rings. The summed E-state index contributed by atoms with van der Waals surface area (Å²) in [6.45, 7) is 8.40. The van der Waals surface area contributed by atoms with Gasteiger partial charge in [0.15, 0.2) is 0 Å². The van der Waals surface area contributed by atoms with E-state index in [2.05, 4.69) is 51.1 Å². The van der Waals surface area contributed by atoms with Gasteiger partial charge in [-0.2, -0.15) is 23.3 Å². The van der Waals surface area contributed by atoms with Gasteiger partial charge >= 0.3 is 0 Å². The van der Waals surface area contributed by atoms with Crippen LogP contribution in [0.5, 0.6) is 11.5 Å². The Bertz CT molecular complexity index is 1900. The van der Waals surface area contributed by atoms with Gasteiger partial charge in [0.05, 0.1) is 17.7 Å². The number of fused-ring (bicyclic) bond motifs is 3. The summed E-state index contributed by atoms with van der Waals surface area (Å²) >= 11 is 0. The van der Waals surface area contributed by atoms with Gasteiger partial charge in [-0.05, 0) is 71.7 Å². The Morgan fingerprint density at radius 1 is 0.951 bits per heavy atom. The van der Waals surface area contributed by atoms with E-state index in [1.165, 1.54) is 0 Å². The Morgan fingerprint density at radius 2 is 1.78 bits per heavy atom. The number of hydrogen-bond donors (Lipinski definition) is 0. The second-order valence-corrected chi connectivity index (χ2v) is 10.7. The number of nitrogens with zero attached hydrogens (tertiary/aromatic N) is 6. The summed E-state index contributed by atoms with van der Waals surface area (Å²) in [5.74, 6) is 1.58. The molecular formula is C33H25N6OPt-3. The molecule has 2 aromatic heterocycles. The molecule has 206 valence electrons. The van der Waals surface area contributed by atoms with E-state index < -0.39 is 0 Å². The minimum absolute atomic E-state index is 0. The van der Waals surface area contributed by atoms with Crippen LogP contribution in [0.4, 0.5) is 5.69 Å². The van der Waals surface area contributed by atoms with E-state index in [4.69, 9.17) is 9.72 Å². The number of rotatable bonds is 4. The molecule has 3 aromatic carbocycles. The molecule has 0 atom stereocenters. The maximum Gasteiger partial charge on any atom is 0.135 e. The zero-order valence-corrected chi connectivity index (χ0v) is 25.2. The molecule has 1 aliphatic heterocycles. The minimum Gasteiger partial charge on any atom is -0.510 e. The van der Waals surface area contributed by atoms with Crippen molar-refractivity contribution in [1.29, 1.82) is 10.5 Å². The van der Waals surface area contributed by atoms with Gasteiger partial charge in [-0.1, -0.05) is 31.7 Å². The van der Waals surface area contributed by atoms with E-state index in [1.807, 2.05) is 76.9 Å². The van der Waals surface area contributed by atoms with Gasteiger partial charge in [0.2, 0.25) is 0 Å². The SMILES string of the molecule is CN1C=CN(c2[c-]c(Oc3[c-]c4c(c(C#N)c3)c3cc(C#N)ccc3n4-c3cc(C(C)(C)C)ccn3)ccc2)[CH-]1.[Pt]. The molecule has 0 saturated heterocycles. The third kappa shape index (κ3) is 5.18. The molecule has 7 nitrogen and oxygen atoms in total. The normalized spacial score (nSPS) is 12.8. The van der Waals surface area contributed by atoms with Crippen molar-refractivity contribution in [3.63, 3.8) is 0 Å². The van der Waals surface area contributed by atoms with Crippen molar-refractivity contribution in [2.75, 3.05) is 11.9 Å². The summed E-state index contributed by atoms with van der Waals surface area (Å²) in [4.78, 5) is 8.59. The van der Waals surface area contributed by atoms with Crippen molar-refractivity contribution in [1.82, 2.24) is 14.5 Å². The summed E-state index contributed by atoms with van der Waals surface area (Å²) in [6, 6.07) is 28.1. The van der Waals surface area contributed by atoms with Crippen LogP contribution in [0.3, 0.4) is 0 Å². The fraction of sp³-hybridized carbons (Fsp3) is 0.152. The molecule has 5 aromatic rings. The van der Waals surface area contributed by atoms with Gasteiger partial charge in [-0.25, -0.2) is 4.98 Å².